The number of rotatable bonds is 6. The van der Waals surface area contributed by atoms with Crippen LogP contribution in [0.3, 0.4) is 0 Å². The van der Waals surface area contributed by atoms with Crippen molar-refractivity contribution in [3.05, 3.63) is 27.9 Å². The van der Waals surface area contributed by atoms with E-state index < -0.39 is 16.6 Å². The molecular formula is C12H14N4O4. The Morgan fingerprint density at radius 2 is 2.30 bits per heavy atom. The van der Waals surface area contributed by atoms with Crippen LogP contribution in [0, 0.1) is 21.4 Å². The number of pyridine rings is 1. The molecule has 0 spiro atoms. The van der Waals surface area contributed by atoms with Crippen molar-refractivity contribution >= 4 is 17.5 Å². The summed E-state index contributed by atoms with van der Waals surface area (Å²) >= 11 is 0. The zero-order chi connectivity index (χ0) is 15.3. The topological polar surface area (TPSA) is 120 Å². The fourth-order valence-corrected chi connectivity index (χ4v) is 1.66. The van der Waals surface area contributed by atoms with E-state index in [0.717, 1.165) is 6.07 Å². The number of nitriles is 1. The third-order valence-corrected chi connectivity index (χ3v) is 2.88. The number of hydrogen-bond acceptors (Lipinski definition) is 6. The van der Waals surface area contributed by atoms with Crippen molar-refractivity contribution in [2.24, 2.45) is 0 Å². The molecule has 0 aromatic carbocycles. The van der Waals surface area contributed by atoms with E-state index in [-0.39, 0.29) is 24.1 Å². The minimum Gasteiger partial charge on any atom is -0.480 e. The Kier molecular flexibility index (Phi) is 4.97. The highest BCUT2D eigenvalue weighted by atomic mass is 16.6. The van der Waals surface area contributed by atoms with Gasteiger partial charge in [-0.3, -0.25) is 14.9 Å². The zero-order valence-corrected chi connectivity index (χ0v) is 11.1. The standard InChI is InChI=1S/C12H14N4O4/c1-3-8(2)15(7-12(17)18)11-5-4-10(16(19)20)9(6-13)14-11/h4-5,8H,3,7H2,1-2H3,(H,17,18). The molecule has 0 aliphatic rings. The molecule has 0 saturated heterocycles. The van der Waals surface area contributed by atoms with E-state index >= 15 is 0 Å². The first kappa shape index (κ1) is 15.4. The summed E-state index contributed by atoms with van der Waals surface area (Å²) < 4.78 is 0. The fraction of sp³-hybridized carbons (Fsp3) is 0.417. The number of nitro groups is 1. The normalized spacial score (nSPS) is 11.4. The molecule has 0 amide bonds. The van der Waals surface area contributed by atoms with Crippen molar-refractivity contribution in [1.82, 2.24) is 4.98 Å². The smallest absolute Gasteiger partial charge is 0.323 e. The molecule has 0 radical (unpaired) electrons. The average molecular weight is 278 g/mol. The third kappa shape index (κ3) is 3.41. The maximum absolute atomic E-state index is 10.9. The lowest BCUT2D eigenvalue weighted by atomic mass is 10.2. The van der Waals surface area contributed by atoms with Crippen molar-refractivity contribution in [2.45, 2.75) is 26.3 Å². The van der Waals surface area contributed by atoms with Crippen LogP contribution in [-0.2, 0) is 4.79 Å². The summed E-state index contributed by atoms with van der Waals surface area (Å²) in [5.74, 6) is -0.798. The minimum atomic E-state index is -1.04. The number of carboxylic acid groups (broad SMARTS) is 1. The Hall–Kier alpha value is -2.69. The largest absolute Gasteiger partial charge is 0.480 e. The first-order valence-corrected chi connectivity index (χ1v) is 5.94. The van der Waals surface area contributed by atoms with E-state index in [1.54, 1.807) is 6.07 Å². The number of nitrogens with zero attached hydrogens (tertiary/aromatic N) is 4. The van der Waals surface area contributed by atoms with Gasteiger partial charge in [-0.15, -0.1) is 0 Å². The van der Waals surface area contributed by atoms with E-state index in [1.165, 1.54) is 11.0 Å². The molecule has 1 rings (SSSR count). The lowest BCUT2D eigenvalue weighted by Gasteiger charge is -2.27. The molecule has 1 aromatic rings. The zero-order valence-electron chi connectivity index (χ0n) is 11.1. The van der Waals surface area contributed by atoms with Gasteiger partial charge in [-0.1, -0.05) is 6.92 Å². The molecule has 8 nitrogen and oxygen atoms in total. The Balaban J connectivity index is 3.24. The number of carbonyl (C=O) groups is 1. The third-order valence-electron chi connectivity index (χ3n) is 2.88. The van der Waals surface area contributed by atoms with Crippen LogP contribution >= 0.6 is 0 Å². The molecule has 0 aliphatic heterocycles. The molecule has 1 heterocycles. The van der Waals surface area contributed by atoms with Crippen molar-refractivity contribution in [3.8, 4) is 6.07 Å². The second-order valence-corrected chi connectivity index (χ2v) is 4.19. The Morgan fingerprint density at radius 3 is 2.75 bits per heavy atom. The number of carboxylic acids is 1. The summed E-state index contributed by atoms with van der Waals surface area (Å²) in [4.78, 5) is 26.3. The molecule has 0 aliphatic carbocycles. The van der Waals surface area contributed by atoms with E-state index in [0.29, 0.717) is 6.42 Å². The molecule has 0 fully saturated rings. The van der Waals surface area contributed by atoms with Gasteiger partial charge in [-0.25, -0.2) is 4.98 Å². The molecule has 0 bridgehead atoms. The summed E-state index contributed by atoms with van der Waals surface area (Å²) in [5.41, 5.74) is -0.720. The van der Waals surface area contributed by atoms with Crippen LogP contribution < -0.4 is 4.90 Å². The van der Waals surface area contributed by atoms with Gasteiger partial charge in [0.15, 0.2) is 0 Å². The monoisotopic (exact) mass is 278 g/mol. The van der Waals surface area contributed by atoms with Crippen molar-refractivity contribution < 1.29 is 14.8 Å². The summed E-state index contributed by atoms with van der Waals surface area (Å²) in [7, 11) is 0. The van der Waals surface area contributed by atoms with Crippen LogP contribution in [0.4, 0.5) is 11.5 Å². The quantitative estimate of drug-likeness (QED) is 0.619. The van der Waals surface area contributed by atoms with Crippen LogP contribution in [-0.4, -0.2) is 33.6 Å². The number of hydrogen-bond donors (Lipinski definition) is 1. The maximum atomic E-state index is 10.9. The lowest BCUT2D eigenvalue weighted by molar-refractivity contribution is -0.385. The van der Waals surface area contributed by atoms with Gasteiger partial charge >= 0.3 is 11.7 Å². The van der Waals surface area contributed by atoms with Crippen molar-refractivity contribution in [3.63, 3.8) is 0 Å². The summed E-state index contributed by atoms with van der Waals surface area (Å²) in [6.07, 6.45) is 0.674. The average Bonchev–Trinajstić information content (AvgIpc) is 2.42. The predicted molar refractivity (Wildman–Crippen MR) is 70.3 cm³/mol. The van der Waals surface area contributed by atoms with E-state index in [2.05, 4.69) is 4.98 Å². The maximum Gasteiger partial charge on any atom is 0.323 e. The highest BCUT2D eigenvalue weighted by Gasteiger charge is 2.21. The van der Waals surface area contributed by atoms with Crippen molar-refractivity contribution in [1.29, 1.82) is 5.26 Å². The van der Waals surface area contributed by atoms with E-state index in [9.17, 15) is 14.9 Å². The SMILES string of the molecule is CCC(C)N(CC(=O)O)c1ccc([N+](=O)[O-])c(C#N)n1. The second-order valence-electron chi connectivity index (χ2n) is 4.19. The van der Waals surface area contributed by atoms with Gasteiger partial charge in [-0.2, -0.15) is 5.26 Å². The van der Waals surface area contributed by atoms with E-state index in [1.807, 2.05) is 13.8 Å². The van der Waals surface area contributed by atoms with Gasteiger partial charge in [0, 0.05) is 12.1 Å². The first-order valence-electron chi connectivity index (χ1n) is 5.94. The molecule has 0 saturated carbocycles. The van der Waals surface area contributed by atoms with Gasteiger partial charge in [0.25, 0.3) is 0 Å². The van der Waals surface area contributed by atoms with E-state index in [4.69, 9.17) is 10.4 Å². The van der Waals surface area contributed by atoms with Gasteiger partial charge in [-0.05, 0) is 19.4 Å². The van der Waals surface area contributed by atoms with Gasteiger partial charge in [0.05, 0.1) is 4.92 Å². The van der Waals surface area contributed by atoms with Crippen molar-refractivity contribution in [2.75, 3.05) is 11.4 Å². The molecule has 1 aromatic heterocycles. The van der Waals surface area contributed by atoms with Crippen LogP contribution in [0.1, 0.15) is 26.0 Å². The Bertz CT molecular complexity index is 567. The van der Waals surface area contributed by atoms with Gasteiger partial charge < -0.3 is 10.0 Å². The lowest BCUT2D eigenvalue weighted by Crippen LogP contribution is -2.37. The van der Waals surface area contributed by atoms with Crippen LogP contribution in [0.5, 0.6) is 0 Å². The molecule has 1 atom stereocenters. The molecular weight excluding hydrogens is 264 g/mol. The first-order chi connectivity index (χ1) is 9.40. The van der Waals surface area contributed by atoms with Crippen LogP contribution in [0.15, 0.2) is 12.1 Å². The van der Waals surface area contributed by atoms with Gasteiger partial charge in [0.1, 0.15) is 18.4 Å². The minimum absolute atomic E-state index is 0.119. The summed E-state index contributed by atoms with van der Waals surface area (Å²) in [6.45, 7) is 3.42. The van der Waals surface area contributed by atoms with Crippen LogP contribution in [0.2, 0.25) is 0 Å². The highest BCUT2D eigenvalue weighted by Crippen LogP contribution is 2.22. The fourth-order valence-electron chi connectivity index (χ4n) is 1.66. The number of anilines is 1. The molecule has 1 unspecified atom stereocenters. The Labute approximate surface area is 115 Å². The van der Waals surface area contributed by atoms with Crippen LogP contribution in [0.25, 0.3) is 0 Å². The highest BCUT2D eigenvalue weighted by molar-refractivity contribution is 5.73. The number of aromatic nitrogens is 1. The molecule has 1 N–H and O–H groups in total. The Morgan fingerprint density at radius 1 is 1.65 bits per heavy atom. The summed E-state index contributed by atoms with van der Waals surface area (Å²) in [5, 5.41) is 28.6. The molecule has 106 valence electrons. The molecule has 20 heavy (non-hydrogen) atoms. The second kappa shape index (κ2) is 6.47. The predicted octanol–water partition coefficient (Wildman–Crippen LogP) is 1.55. The van der Waals surface area contributed by atoms with Gasteiger partial charge in [0.2, 0.25) is 5.69 Å². The summed E-state index contributed by atoms with van der Waals surface area (Å²) in [6, 6.07) is 4.06. The molecule has 8 heteroatoms. The number of aliphatic carboxylic acids is 1.